The lowest BCUT2D eigenvalue weighted by Gasteiger charge is -2.21. The molecule has 0 heterocycles. The first kappa shape index (κ1) is 16.1. The number of carbonyl (C=O) groups excluding carboxylic acids is 2. The fraction of sp³-hybridized carbons (Fsp3) is 0.429. The van der Waals surface area contributed by atoms with Gasteiger partial charge in [0.25, 0.3) is 5.91 Å². The lowest BCUT2D eigenvalue weighted by Crippen LogP contribution is -2.45. The van der Waals surface area contributed by atoms with Crippen molar-refractivity contribution in [1.82, 2.24) is 5.32 Å². The average molecular weight is 285 g/mol. The molecular formula is C14H17F2NO3. The van der Waals surface area contributed by atoms with Crippen LogP contribution in [0.1, 0.15) is 30.6 Å². The van der Waals surface area contributed by atoms with E-state index in [2.05, 4.69) is 10.1 Å². The van der Waals surface area contributed by atoms with Crippen molar-refractivity contribution < 1.29 is 23.1 Å². The molecule has 0 bridgehead atoms. The highest BCUT2D eigenvalue weighted by Gasteiger charge is 2.27. The van der Waals surface area contributed by atoms with E-state index in [0.29, 0.717) is 6.42 Å². The zero-order valence-electron chi connectivity index (χ0n) is 11.6. The summed E-state index contributed by atoms with van der Waals surface area (Å²) < 4.78 is 30.5. The van der Waals surface area contributed by atoms with Crippen LogP contribution in [-0.4, -0.2) is 25.0 Å². The predicted octanol–water partition coefficient (Wildman–Crippen LogP) is 2.28. The average Bonchev–Trinajstić information content (AvgIpc) is 2.45. The van der Waals surface area contributed by atoms with Gasteiger partial charge >= 0.3 is 5.97 Å². The van der Waals surface area contributed by atoms with Crippen LogP contribution < -0.4 is 5.32 Å². The molecule has 0 aliphatic rings. The minimum atomic E-state index is -1.11. The first-order valence-corrected chi connectivity index (χ1v) is 6.24. The molecule has 6 heteroatoms. The van der Waals surface area contributed by atoms with E-state index in [-0.39, 0.29) is 11.5 Å². The van der Waals surface area contributed by atoms with Gasteiger partial charge < -0.3 is 10.1 Å². The highest BCUT2D eigenvalue weighted by atomic mass is 19.2. The van der Waals surface area contributed by atoms with Gasteiger partial charge in [0.1, 0.15) is 6.04 Å². The van der Waals surface area contributed by atoms with Gasteiger partial charge in [0.15, 0.2) is 11.6 Å². The second-order valence-corrected chi connectivity index (χ2v) is 4.49. The SMILES string of the molecule is CC[C@H](C)[C@@H](NC(=O)c1ccc(F)c(F)c1)C(=O)OC. The molecule has 0 radical (unpaired) electrons. The third-order valence-corrected chi connectivity index (χ3v) is 3.14. The quantitative estimate of drug-likeness (QED) is 0.844. The van der Waals surface area contributed by atoms with Crippen molar-refractivity contribution in [2.24, 2.45) is 5.92 Å². The van der Waals surface area contributed by atoms with E-state index in [1.165, 1.54) is 7.11 Å². The van der Waals surface area contributed by atoms with Gasteiger partial charge in [-0.15, -0.1) is 0 Å². The Balaban J connectivity index is 2.90. The fourth-order valence-corrected chi connectivity index (χ4v) is 1.66. The van der Waals surface area contributed by atoms with Crippen LogP contribution in [0.3, 0.4) is 0 Å². The lowest BCUT2D eigenvalue weighted by molar-refractivity contribution is -0.144. The number of hydrogen-bond donors (Lipinski definition) is 1. The van der Waals surface area contributed by atoms with Gasteiger partial charge in [0.2, 0.25) is 0 Å². The summed E-state index contributed by atoms with van der Waals surface area (Å²) in [6, 6.07) is 1.97. The maximum Gasteiger partial charge on any atom is 0.328 e. The van der Waals surface area contributed by atoms with Crippen molar-refractivity contribution in [3.8, 4) is 0 Å². The summed E-state index contributed by atoms with van der Waals surface area (Å²) in [4.78, 5) is 23.6. The standard InChI is InChI=1S/C14H17F2NO3/c1-4-8(2)12(14(19)20-3)17-13(18)9-5-6-10(15)11(16)7-9/h5-8,12H,4H2,1-3H3,(H,17,18)/t8-,12+/m0/s1. The van der Waals surface area contributed by atoms with Crippen LogP contribution in [0.5, 0.6) is 0 Å². The van der Waals surface area contributed by atoms with Gasteiger partial charge in [-0.25, -0.2) is 13.6 Å². The van der Waals surface area contributed by atoms with Gasteiger partial charge in [0.05, 0.1) is 7.11 Å². The van der Waals surface area contributed by atoms with Crippen molar-refractivity contribution in [1.29, 1.82) is 0 Å². The first-order valence-electron chi connectivity index (χ1n) is 6.24. The monoisotopic (exact) mass is 285 g/mol. The number of benzene rings is 1. The first-order chi connectivity index (χ1) is 9.40. The van der Waals surface area contributed by atoms with Crippen LogP contribution in [0, 0.1) is 17.6 Å². The van der Waals surface area contributed by atoms with Crippen LogP contribution in [-0.2, 0) is 9.53 Å². The van der Waals surface area contributed by atoms with Crippen LogP contribution in [0.2, 0.25) is 0 Å². The molecule has 1 aromatic carbocycles. The van der Waals surface area contributed by atoms with E-state index in [4.69, 9.17) is 0 Å². The van der Waals surface area contributed by atoms with E-state index in [9.17, 15) is 18.4 Å². The summed E-state index contributed by atoms with van der Waals surface area (Å²) in [6.45, 7) is 3.65. The highest BCUT2D eigenvalue weighted by Crippen LogP contribution is 2.12. The van der Waals surface area contributed by atoms with E-state index >= 15 is 0 Å². The van der Waals surface area contributed by atoms with Gasteiger partial charge in [-0.3, -0.25) is 4.79 Å². The van der Waals surface area contributed by atoms with Crippen molar-refractivity contribution in [3.05, 3.63) is 35.4 Å². The van der Waals surface area contributed by atoms with Gasteiger partial charge in [-0.05, 0) is 24.1 Å². The molecule has 0 aliphatic carbocycles. The molecule has 1 amide bonds. The van der Waals surface area contributed by atoms with Gasteiger partial charge in [0, 0.05) is 5.56 Å². The molecule has 0 saturated heterocycles. The van der Waals surface area contributed by atoms with Crippen LogP contribution in [0.15, 0.2) is 18.2 Å². The smallest absolute Gasteiger partial charge is 0.328 e. The molecule has 0 fully saturated rings. The Morgan fingerprint density at radius 2 is 1.95 bits per heavy atom. The van der Waals surface area contributed by atoms with Crippen LogP contribution in [0.25, 0.3) is 0 Å². The molecular weight excluding hydrogens is 268 g/mol. The Morgan fingerprint density at radius 3 is 2.45 bits per heavy atom. The Morgan fingerprint density at radius 1 is 1.30 bits per heavy atom. The molecule has 0 spiro atoms. The minimum absolute atomic E-state index is 0.0545. The van der Waals surface area contributed by atoms with Crippen LogP contribution >= 0.6 is 0 Å². The van der Waals surface area contributed by atoms with E-state index in [1.54, 1.807) is 6.92 Å². The second kappa shape index (κ2) is 6.98. The number of ether oxygens (including phenoxy) is 1. The molecule has 0 aromatic heterocycles. The third-order valence-electron chi connectivity index (χ3n) is 3.14. The second-order valence-electron chi connectivity index (χ2n) is 4.49. The number of carbonyl (C=O) groups is 2. The number of nitrogens with one attached hydrogen (secondary N) is 1. The Labute approximate surface area is 116 Å². The molecule has 0 saturated carbocycles. The number of methoxy groups -OCH3 is 1. The largest absolute Gasteiger partial charge is 0.467 e. The van der Waals surface area contributed by atoms with Crippen molar-refractivity contribution in [2.75, 3.05) is 7.11 Å². The topological polar surface area (TPSA) is 55.4 Å². The molecule has 1 N–H and O–H groups in total. The molecule has 0 unspecified atom stereocenters. The number of halogens is 2. The summed E-state index contributed by atoms with van der Waals surface area (Å²) in [5.74, 6) is -3.52. The number of hydrogen-bond acceptors (Lipinski definition) is 3. The van der Waals surface area contributed by atoms with Crippen LogP contribution in [0.4, 0.5) is 8.78 Å². The summed E-state index contributed by atoms with van der Waals surface area (Å²) in [5, 5.41) is 2.48. The zero-order valence-corrected chi connectivity index (χ0v) is 11.6. The van der Waals surface area contributed by atoms with Crippen molar-refractivity contribution in [3.63, 3.8) is 0 Å². The molecule has 0 aliphatic heterocycles. The van der Waals surface area contributed by atoms with Gasteiger partial charge in [-0.1, -0.05) is 20.3 Å². The predicted molar refractivity (Wildman–Crippen MR) is 69.1 cm³/mol. The molecule has 1 rings (SSSR count). The lowest BCUT2D eigenvalue weighted by atomic mass is 9.99. The van der Waals surface area contributed by atoms with Crippen molar-refractivity contribution in [2.45, 2.75) is 26.3 Å². The normalized spacial score (nSPS) is 13.4. The molecule has 110 valence electrons. The summed E-state index contributed by atoms with van der Waals surface area (Å²) in [7, 11) is 1.22. The Bertz CT molecular complexity index is 505. The van der Waals surface area contributed by atoms with E-state index in [1.807, 2.05) is 6.92 Å². The van der Waals surface area contributed by atoms with Gasteiger partial charge in [-0.2, -0.15) is 0 Å². The fourth-order valence-electron chi connectivity index (χ4n) is 1.66. The summed E-state index contributed by atoms with van der Waals surface area (Å²) in [6.07, 6.45) is 0.651. The minimum Gasteiger partial charge on any atom is -0.467 e. The Kier molecular flexibility index (Phi) is 5.61. The maximum atomic E-state index is 13.1. The van der Waals surface area contributed by atoms with E-state index < -0.39 is 29.6 Å². The van der Waals surface area contributed by atoms with Crippen molar-refractivity contribution >= 4 is 11.9 Å². The number of rotatable bonds is 5. The van der Waals surface area contributed by atoms with E-state index in [0.717, 1.165) is 18.2 Å². The summed E-state index contributed by atoms with van der Waals surface area (Å²) >= 11 is 0. The molecule has 4 nitrogen and oxygen atoms in total. The molecule has 20 heavy (non-hydrogen) atoms. The zero-order chi connectivity index (χ0) is 15.3. The maximum absolute atomic E-state index is 13.1. The number of esters is 1. The number of amides is 1. The molecule has 2 atom stereocenters. The third kappa shape index (κ3) is 3.76. The Hall–Kier alpha value is -1.98. The highest BCUT2D eigenvalue weighted by molar-refractivity contribution is 5.96. The molecule has 1 aromatic rings. The summed E-state index contributed by atoms with van der Waals surface area (Å²) in [5.41, 5.74) is -0.0545.